The molecule has 2 aromatic rings. The van der Waals surface area contributed by atoms with E-state index >= 15 is 0 Å². The van der Waals surface area contributed by atoms with Crippen LogP contribution >= 0.6 is 0 Å². The second kappa shape index (κ2) is 10.1. The lowest BCUT2D eigenvalue weighted by Gasteiger charge is -2.16. The second-order valence-electron chi connectivity index (χ2n) is 5.88. The standard InChI is InChI=1S/C20H26N4O4/c1-22-20(23-11-13-6-5-7-15(8-13)19(21)25)24-12-14-9-16(26-2)18(28-4)17(10-14)27-3/h5-10H,11-12H2,1-4H3,(H2,21,25)(H2,22,23,24). The number of guanidine groups is 1. The fourth-order valence-electron chi connectivity index (χ4n) is 2.66. The Kier molecular flexibility index (Phi) is 7.50. The van der Waals surface area contributed by atoms with Crippen LogP contribution in [-0.2, 0) is 13.1 Å². The summed E-state index contributed by atoms with van der Waals surface area (Å²) < 4.78 is 16.1. The maximum atomic E-state index is 11.3. The van der Waals surface area contributed by atoms with Gasteiger partial charge in [0.15, 0.2) is 17.5 Å². The highest BCUT2D eigenvalue weighted by molar-refractivity contribution is 5.92. The predicted molar refractivity (Wildman–Crippen MR) is 108 cm³/mol. The molecule has 0 saturated heterocycles. The first kappa shape index (κ1) is 20.9. The van der Waals surface area contributed by atoms with Crippen LogP contribution < -0.4 is 30.6 Å². The lowest BCUT2D eigenvalue weighted by atomic mass is 10.1. The van der Waals surface area contributed by atoms with Crippen LogP contribution in [0.4, 0.5) is 0 Å². The maximum absolute atomic E-state index is 11.3. The summed E-state index contributed by atoms with van der Waals surface area (Å²) in [4.78, 5) is 15.5. The van der Waals surface area contributed by atoms with Crippen LogP contribution in [-0.4, -0.2) is 40.2 Å². The van der Waals surface area contributed by atoms with E-state index in [0.717, 1.165) is 11.1 Å². The highest BCUT2D eigenvalue weighted by atomic mass is 16.5. The van der Waals surface area contributed by atoms with E-state index in [1.165, 1.54) is 0 Å². The van der Waals surface area contributed by atoms with Crippen molar-refractivity contribution in [3.8, 4) is 17.2 Å². The number of nitrogens with two attached hydrogens (primary N) is 1. The summed E-state index contributed by atoms with van der Waals surface area (Å²) in [5.41, 5.74) is 7.65. The zero-order valence-corrected chi connectivity index (χ0v) is 16.5. The van der Waals surface area contributed by atoms with Crippen LogP contribution in [0.5, 0.6) is 17.2 Å². The minimum atomic E-state index is -0.452. The number of rotatable bonds is 8. The molecule has 8 nitrogen and oxygen atoms in total. The molecule has 0 heterocycles. The molecule has 0 aliphatic rings. The van der Waals surface area contributed by atoms with Crippen molar-refractivity contribution >= 4 is 11.9 Å². The summed E-state index contributed by atoms with van der Waals surface area (Å²) in [7, 11) is 6.41. The molecule has 8 heteroatoms. The third-order valence-corrected chi connectivity index (χ3v) is 4.08. The molecule has 2 aromatic carbocycles. The smallest absolute Gasteiger partial charge is 0.248 e. The predicted octanol–water partition coefficient (Wildman–Crippen LogP) is 1.68. The molecule has 0 atom stereocenters. The van der Waals surface area contributed by atoms with Gasteiger partial charge in [-0.3, -0.25) is 9.79 Å². The second-order valence-corrected chi connectivity index (χ2v) is 5.88. The topological polar surface area (TPSA) is 107 Å². The third kappa shape index (κ3) is 5.29. The average molecular weight is 386 g/mol. The van der Waals surface area contributed by atoms with E-state index in [4.69, 9.17) is 19.9 Å². The maximum Gasteiger partial charge on any atom is 0.248 e. The SMILES string of the molecule is CN=C(NCc1cccc(C(N)=O)c1)NCc1cc(OC)c(OC)c(OC)c1. The number of hydrogen-bond acceptors (Lipinski definition) is 5. The summed E-state index contributed by atoms with van der Waals surface area (Å²) in [5, 5.41) is 6.43. The zero-order valence-electron chi connectivity index (χ0n) is 16.5. The minimum Gasteiger partial charge on any atom is -0.493 e. The van der Waals surface area contributed by atoms with Crippen molar-refractivity contribution in [3.05, 3.63) is 53.1 Å². The molecule has 0 aromatic heterocycles. The van der Waals surface area contributed by atoms with E-state index in [9.17, 15) is 4.79 Å². The van der Waals surface area contributed by atoms with Gasteiger partial charge < -0.3 is 30.6 Å². The van der Waals surface area contributed by atoms with E-state index < -0.39 is 5.91 Å². The molecular weight excluding hydrogens is 360 g/mol. The Bertz CT molecular complexity index is 827. The van der Waals surface area contributed by atoms with Gasteiger partial charge in [0.2, 0.25) is 11.7 Å². The fraction of sp³-hybridized carbons (Fsp3) is 0.300. The molecule has 0 spiro atoms. The van der Waals surface area contributed by atoms with Gasteiger partial charge in [0, 0.05) is 25.7 Å². The van der Waals surface area contributed by atoms with Crippen molar-refractivity contribution in [2.24, 2.45) is 10.7 Å². The van der Waals surface area contributed by atoms with E-state index in [-0.39, 0.29) is 0 Å². The summed E-state index contributed by atoms with van der Waals surface area (Å²) in [6.07, 6.45) is 0. The summed E-state index contributed by atoms with van der Waals surface area (Å²) in [6, 6.07) is 10.9. The van der Waals surface area contributed by atoms with Gasteiger partial charge in [0.05, 0.1) is 21.3 Å². The van der Waals surface area contributed by atoms with Crippen molar-refractivity contribution in [1.82, 2.24) is 10.6 Å². The molecule has 150 valence electrons. The molecule has 0 saturated carbocycles. The van der Waals surface area contributed by atoms with E-state index in [1.807, 2.05) is 18.2 Å². The first-order chi connectivity index (χ1) is 13.5. The largest absolute Gasteiger partial charge is 0.493 e. The van der Waals surface area contributed by atoms with Gasteiger partial charge in [-0.1, -0.05) is 12.1 Å². The van der Waals surface area contributed by atoms with E-state index in [0.29, 0.717) is 41.9 Å². The molecular formula is C20H26N4O4. The number of primary amides is 1. The van der Waals surface area contributed by atoms with Crippen molar-refractivity contribution in [1.29, 1.82) is 0 Å². The molecule has 2 rings (SSSR count). The number of carbonyl (C=O) groups excluding carboxylic acids is 1. The van der Waals surface area contributed by atoms with Gasteiger partial charge >= 0.3 is 0 Å². The minimum absolute atomic E-state index is 0.452. The Balaban J connectivity index is 2.02. The monoisotopic (exact) mass is 386 g/mol. The van der Waals surface area contributed by atoms with Crippen molar-refractivity contribution in [3.63, 3.8) is 0 Å². The lowest BCUT2D eigenvalue weighted by molar-refractivity contribution is 0.1000. The van der Waals surface area contributed by atoms with Gasteiger partial charge in [-0.05, 0) is 35.4 Å². The first-order valence-electron chi connectivity index (χ1n) is 8.64. The van der Waals surface area contributed by atoms with Crippen LogP contribution in [0.15, 0.2) is 41.4 Å². The number of carbonyl (C=O) groups is 1. The Morgan fingerprint density at radius 1 is 0.964 bits per heavy atom. The molecule has 28 heavy (non-hydrogen) atoms. The van der Waals surface area contributed by atoms with Crippen molar-refractivity contribution < 1.29 is 19.0 Å². The summed E-state index contributed by atoms with van der Waals surface area (Å²) in [6.45, 7) is 0.994. The van der Waals surface area contributed by atoms with Crippen LogP contribution in [0, 0.1) is 0 Å². The quantitative estimate of drug-likeness (QED) is 0.471. The summed E-state index contributed by atoms with van der Waals surface area (Å²) in [5.74, 6) is 1.88. The number of nitrogens with one attached hydrogen (secondary N) is 2. The van der Waals surface area contributed by atoms with Gasteiger partial charge in [-0.2, -0.15) is 0 Å². The lowest BCUT2D eigenvalue weighted by Crippen LogP contribution is -2.36. The highest BCUT2D eigenvalue weighted by Crippen LogP contribution is 2.38. The molecule has 4 N–H and O–H groups in total. The molecule has 0 radical (unpaired) electrons. The third-order valence-electron chi connectivity index (χ3n) is 4.08. The van der Waals surface area contributed by atoms with E-state index in [1.54, 1.807) is 46.6 Å². The van der Waals surface area contributed by atoms with Crippen LogP contribution in [0.25, 0.3) is 0 Å². The highest BCUT2D eigenvalue weighted by Gasteiger charge is 2.13. The first-order valence-corrected chi connectivity index (χ1v) is 8.64. The van der Waals surface area contributed by atoms with Crippen molar-refractivity contribution in [2.75, 3.05) is 28.4 Å². The molecule has 0 unspecified atom stereocenters. The number of methoxy groups -OCH3 is 3. The van der Waals surface area contributed by atoms with Crippen LogP contribution in [0.1, 0.15) is 21.5 Å². The Labute approximate surface area is 164 Å². The number of benzene rings is 2. The number of amides is 1. The zero-order chi connectivity index (χ0) is 20.5. The summed E-state index contributed by atoms with van der Waals surface area (Å²) >= 11 is 0. The van der Waals surface area contributed by atoms with Crippen LogP contribution in [0.2, 0.25) is 0 Å². The van der Waals surface area contributed by atoms with Gasteiger partial charge in [-0.25, -0.2) is 0 Å². The Morgan fingerprint density at radius 2 is 1.57 bits per heavy atom. The van der Waals surface area contributed by atoms with Crippen molar-refractivity contribution in [2.45, 2.75) is 13.1 Å². The average Bonchev–Trinajstić information content (AvgIpc) is 2.73. The molecule has 1 amide bonds. The van der Waals surface area contributed by atoms with Gasteiger partial charge in [0.25, 0.3) is 0 Å². The molecule has 0 fully saturated rings. The van der Waals surface area contributed by atoms with Gasteiger partial charge in [-0.15, -0.1) is 0 Å². The van der Waals surface area contributed by atoms with E-state index in [2.05, 4.69) is 15.6 Å². The molecule has 0 aliphatic heterocycles. The number of aliphatic imine (C=N–C) groups is 1. The number of ether oxygens (including phenoxy) is 3. The van der Waals surface area contributed by atoms with Crippen LogP contribution in [0.3, 0.4) is 0 Å². The number of hydrogen-bond donors (Lipinski definition) is 3. The van der Waals surface area contributed by atoms with Gasteiger partial charge in [0.1, 0.15) is 0 Å². The molecule has 0 aliphatic carbocycles. The Hall–Kier alpha value is -3.42. The number of nitrogens with zero attached hydrogens (tertiary/aromatic N) is 1. The Morgan fingerprint density at radius 3 is 2.07 bits per heavy atom. The fourth-order valence-corrected chi connectivity index (χ4v) is 2.66. The molecule has 0 bridgehead atoms. The normalized spacial score (nSPS) is 10.9.